The summed E-state index contributed by atoms with van der Waals surface area (Å²) in [5, 5.41) is 3.39. The Balaban J connectivity index is 2.06. The molecule has 2 heterocycles. The van der Waals surface area contributed by atoms with Gasteiger partial charge in [-0.15, -0.1) is 0 Å². The van der Waals surface area contributed by atoms with Gasteiger partial charge in [0.05, 0.1) is 5.60 Å². The molecule has 1 N–H and O–H groups in total. The first-order chi connectivity index (χ1) is 7.74. The maximum Gasteiger partial charge on any atom is 0.0810 e. The molecule has 16 heavy (non-hydrogen) atoms. The van der Waals surface area contributed by atoms with Crippen molar-refractivity contribution in [3.63, 3.8) is 0 Å². The smallest absolute Gasteiger partial charge is 0.0810 e. The summed E-state index contributed by atoms with van der Waals surface area (Å²) in [4.78, 5) is 4.04. The van der Waals surface area contributed by atoms with E-state index in [1.165, 1.54) is 12.0 Å². The van der Waals surface area contributed by atoms with Crippen LogP contribution in [-0.2, 0) is 11.2 Å². The van der Waals surface area contributed by atoms with Crippen LogP contribution >= 0.6 is 0 Å². The van der Waals surface area contributed by atoms with E-state index in [0.717, 1.165) is 19.4 Å². The maximum atomic E-state index is 5.89. The minimum atomic E-state index is -0.0159. The molecular weight excluding hydrogens is 200 g/mol. The van der Waals surface area contributed by atoms with Crippen molar-refractivity contribution in [1.29, 1.82) is 0 Å². The molecule has 0 saturated carbocycles. The largest absolute Gasteiger partial charge is 0.374 e. The third-order valence-electron chi connectivity index (χ3n) is 3.52. The molecule has 88 valence electrons. The quantitative estimate of drug-likeness (QED) is 0.840. The van der Waals surface area contributed by atoms with Crippen LogP contribution in [0.1, 0.15) is 25.3 Å². The number of ether oxygens (including phenoxy) is 1. The molecule has 0 radical (unpaired) electrons. The number of nitrogens with one attached hydrogen (secondary N) is 1. The van der Waals surface area contributed by atoms with Gasteiger partial charge < -0.3 is 10.1 Å². The van der Waals surface area contributed by atoms with Gasteiger partial charge in [-0.3, -0.25) is 4.98 Å². The molecule has 3 heteroatoms. The Morgan fingerprint density at radius 3 is 2.81 bits per heavy atom. The van der Waals surface area contributed by atoms with Crippen LogP contribution < -0.4 is 5.32 Å². The van der Waals surface area contributed by atoms with E-state index in [4.69, 9.17) is 4.74 Å². The standard InChI is InChI=1S/C13H20N2O/c1-13(6-3-9-16-13)12(14-2)10-11-4-7-15-8-5-11/h4-5,7-8,12,14H,3,6,9-10H2,1-2H3. The van der Waals surface area contributed by atoms with Crippen LogP contribution in [0.25, 0.3) is 0 Å². The van der Waals surface area contributed by atoms with Crippen LogP contribution in [0.2, 0.25) is 0 Å². The summed E-state index contributed by atoms with van der Waals surface area (Å²) >= 11 is 0. The van der Waals surface area contributed by atoms with Crippen molar-refractivity contribution >= 4 is 0 Å². The van der Waals surface area contributed by atoms with E-state index in [0.29, 0.717) is 6.04 Å². The highest BCUT2D eigenvalue weighted by Gasteiger charge is 2.37. The highest BCUT2D eigenvalue weighted by Crippen LogP contribution is 2.30. The number of hydrogen-bond donors (Lipinski definition) is 1. The summed E-state index contributed by atoms with van der Waals surface area (Å²) in [5.41, 5.74) is 1.30. The topological polar surface area (TPSA) is 34.2 Å². The molecule has 1 aliphatic heterocycles. The van der Waals surface area contributed by atoms with E-state index < -0.39 is 0 Å². The fraction of sp³-hybridized carbons (Fsp3) is 0.615. The van der Waals surface area contributed by atoms with Crippen LogP contribution in [0.3, 0.4) is 0 Å². The van der Waals surface area contributed by atoms with E-state index in [2.05, 4.69) is 29.4 Å². The summed E-state index contributed by atoms with van der Waals surface area (Å²) in [7, 11) is 2.01. The first-order valence-corrected chi connectivity index (χ1v) is 5.95. The fourth-order valence-electron chi connectivity index (χ4n) is 2.45. The molecule has 2 rings (SSSR count). The molecule has 2 unspecified atom stereocenters. The Morgan fingerprint density at radius 1 is 1.50 bits per heavy atom. The molecular formula is C13H20N2O. The van der Waals surface area contributed by atoms with E-state index in [-0.39, 0.29) is 5.60 Å². The molecule has 0 amide bonds. The normalized spacial score (nSPS) is 26.9. The third-order valence-corrected chi connectivity index (χ3v) is 3.52. The molecule has 0 bridgehead atoms. The van der Waals surface area contributed by atoms with Crippen molar-refractivity contribution in [1.82, 2.24) is 10.3 Å². The molecule has 0 aromatic carbocycles. The SMILES string of the molecule is CNC(Cc1ccncc1)C1(C)CCCO1. The van der Waals surface area contributed by atoms with Gasteiger partial charge in [0.25, 0.3) is 0 Å². The number of hydrogen-bond acceptors (Lipinski definition) is 3. The predicted octanol–water partition coefficient (Wildman–Crippen LogP) is 1.78. The monoisotopic (exact) mass is 220 g/mol. The minimum Gasteiger partial charge on any atom is -0.374 e. The number of pyridine rings is 1. The predicted molar refractivity (Wildman–Crippen MR) is 64.4 cm³/mol. The fourth-order valence-corrected chi connectivity index (χ4v) is 2.45. The molecule has 0 spiro atoms. The summed E-state index contributed by atoms with van der Waals surface area (Å²) in [6.45, 7) is 3.10. The van der Waals surface area contributed by atoms with Crippen LogP contribution in [-0.4, -0.2) is 30.3 Å². The molecule has 0 aliphatic carbocycles. The molecule has 1 aromatic heterocycles. The molecule has 1 aromatic rings. The Labute approximate surface area is 97.2 Å². The van der Waals surface area contributed by atoms with Crippen LogP contribution in [0.4, 0.5) is 0 Å². The number of aromatic nitrogens is 1. The Morgan fingerprint density at radius 2 is 2.25 bits per heavy atom. The molecule has 1 aliphatic rings. The first kappa shape index (κ1) is 11.6. The van der Waals surface area contributed by atoms with Crippen LogP contribution in [0, 0.1) is 0 Å². The zero-order chi connectivity index (χ0) is 11.4. The second kappa shape index (κ2) is 4.93. The molecule has 1 saturated heterocycles. The van der Waals surface area contributed by atoms with Crippen molar-refractivity contribution in [3.8, 4) is 0 Å². The van der Waals surface area contributed by atoms with Gasteiger partial charge in [-0.25, -0.2) is 0 Å². The average Bonchev–Trinajstić information content (AvgIpc) is 2.75. The molecule has 2 atom stereocenters. The third kappa shape index (κ3) is 2.42. The summed E-state index contributed by atoms with van der Waals surface area (Å²) in [5.74, 6) is 0. The number of nitrogens with zero attached hydrogens (tertiary/aromatic N) is 1. The second-order valence-corrected chi connectivity index (χ2v) is 4.67. The van der Waals surface area contributed by atoms with Gasteiger partial charge in [0.1, 0.15) is 0 Å². The Hall–Kier alpha value is -0.930. The zero-order valence-corrected chi connectivity index (χ0v) is 10.1. The van der Waals surface area contributed by atoms with Crippen molar-refractivity contribution in [3.05, 3.63) is 30.1 Å². The van der Waals surface area contributed by atoms with E-state index in [1.807, 2.05) is 19.4 Å². The highest BCUT2D eigenvalue weighted by molar-refractivity contribution is 5.13. The number of likely N-dealkylation sites (N-methyl/N-ethyl adjacent to an activating group) is 1. The second-order valence-electron chi connectivity index (χ2n) is 4.67. The van der Waals surface area contributed by atoms with E-state index in [1.54, 1.807) is 0 Å². The summed E-state index contributed by atoms with van der Waals surface area (Å²) in [6, 6.07) is 4.52. The molecule has 1 fully saturated rings. The van der Waals surface area contributed by atoms with Crippen molar-refractivity contribution in [2.75, 3.05) is 13.7 Å². The lowest BCUT2D eigenvalue weighted by Gasteiger charge is -2.33. The number of rotatable bonds is 4. The lowest BCUT2D eigenvalue weighted by Crippen LogP contribution is -2.48. The van der Waals surface area contributed by atoms with E-state index >= 15 is 0 Å². The minimum absolute atomic E-state index is 0.0159. The Kier molecular flexibility index (Phi) is 3.56. The lowest BCUT2D eigenvalue weighted by molar-refractivity contribution is -0.00944. The Bertz CT molecular complexity index is 320. The van der Waals surface area contributed by atoms with E-state index in [9.17, 15) is 0 Å². The van der Waals surface area contributed by atoms with Gasteiger partial charge in [0, 0.05) is 25.0 Å². The first-order valence-electron chi connectivity index (χ1n) is 5.95. The van der Waals surface area contributed by atoms with Crippen molar-refractivity contribution < 1.29 is 4.74 Å². The average molecular weight is 220 g/mol. The van der Waals surface area contributed by atoms with Gasteiger partial charge in [0.2, 0.25) is 0 Å². The van der Waals surface area contributed by atoms with Gasteiger partial charge in [0.15, 0.2) is 0 Å². The van der Waals surface area contributed by atoms with Gasteiger partial charge >= 0.3 is 0 Å². The van der Waals surface area contributed by atoms with Crippen LogP contribution in [0.15, 0.2) is 24.5 Å². The highest BCUT2D eigenvalue weighted by atomic mass is 16.5. The van der Waals surface area contributed by atoms with Gasteiger partial charge in [-0.05, 0) is 50.9 Å². The lowest BCUT2D eigenvalue weighted by atomic mass is 9.89. The van der Waals surface area contributed by atoms with Crippen molar-refractivity contribution in [2.24, 2.45) is 0 Å². The zero-order valence-electron chi connectivity index (χ0n) is 10.1. The van der Waals surface area contributed by atoms with Crippen molar-refractivity contribution in [2.45, 2.75) is 37.8 Å². The molecule has 3 nitrogen and oxygen atoms in total. The van der Waals surface area contributed by atoms with Gasteiger partial charge in [-0.1, -0.05) is 0 Å². The maximum absolute atomic E-state index is 5.89. The summed E-state index contributed by atoms with van der Waals surface area (Å²) < 4.78 is 5.89. The summed E-state index contributed by atoms with van der Waals surface area (Å²) in [6.07, 6.45) is 7.00. The van der Waals surface area contributed by atoms with Crippen LogP contribution in [0.5, 0.6) is 0 Å². The van der Waals surface area contributed by atoms with Gasteiger partial charge in [-0.2, -0.15) is 0 Å².